The van der Waals surface area contributed by atoms with Gasteiger partial charge in [0.25, 0.3) is 0 Å². The number of aryl methyl sites for hydroxylation is 1. The summed E-state index contributed by atoms with van der Waals surface area (Å²) in [5.74, 6) is 0. The second-order valence-electron chi connectivity index (χ2n) is 6.11. The van der Waals surface area contributed by atoms with Gasteiger partial charge in [0.1, 0.15) is 0 Å². The third-order valence-electron chi connectivity index (χ3n) is 4.39. The van der Waals surface area contributed by atoms with Crippen molar-refractivity contribution in [3.63, 3.8) is 0 Å². The van der Waals surface area contributed by atoms with Gasteiger partial charge in [-0.3, -0.25) is 4.90 Å². The van der Waals surface area contributed by atoms with Crippen molar-refractivity contribution < 1.29 is 5.11 Å². The van der Waals surface area contributed by atoms with Crippen LogP contribution in [0.15, 0.2) is 24.3 Å². The highest BCUT2D eigenvalue weighted by atomic mass is 16.2. The molecule has 0 bridgehead atoms. The second-order valence-corrected chi connectivity index (χ2v) is 6.11. The lowest BCUT2D eigenvalue weighted by atomic mass is 9.96. The molecule has 1 aliphatic rings. The lowest BCUT2D eigenvalue weighted by molar-refractivity contribution is 0.145. The van der Waals surface area contributed by atoms with E-state index in [1.165, 1.54) is 24.0 Å². The van der Waals surface area contributed by atoms with Gasteiger partial charge in [0.2, 0.25) is 0 Å². The maximum absolute atomic E-state index is 9.06. The minimum Gasteiger partial charge on any atom is -0.396 e. The molecule has 2 rings (SSSR count). The van der Waals surface area contributed by atoms with Gasteiger partial charge in [0.05, 0.1) is 0 Å². The predicted octanol–water partition coefficient (Wildman–Crippen LogP) is 2.62. The summed E-state index contributed by atoms with van der Waals surface area (Å²) < 4.78 is 0. The molecule has 3 atom stereocenters. The Balaban J connectivity index is 2.17. The number of benzene rings is 1. The molecule has 1 saturated heterocycles. The molecule has 0 amide bonds. The highest BCUT2D eigenvalue weighted by Crippen LogP contribution is 2.33. The van der Waals surface area contributed by atoms with E-state index >= 15 is 0 Å². The Hall–Kier alpha value is -0.900. The van der Waals surface area contributed by atoms with Crippen LogP contribution in [0.5, 0.6) is 0 Å². The fourth-order valence-corrected chi connectivity index (χ4v) is 3.42. The van der Waals surface area contributed by atoms with E-state index in [0.717, 1.165) is 19.4 Å². The summed E-state index contributed by atoms with van der Waals surface area (Å²) >= 11 is 0. The summed E-state index contributed by atoms with van der Waals surface area (Å²) in [6.07, 6.45) is 4.44. The molecule has 1 heterocycles. The molecule has 1 aliphatic heterocycles. The maximum Gasteiger partial charge on any atom is 0.0499 e. The third-order valence-corrected chi connectivity index (χ3v) is 4.39. The first-order valence-corrected chi connectivity index (χ1v) is 7.82. The summed E-state index contributed by atoms with van der Waals surface area (Å²) in [6.45, 7) is 5.63. The number of rotatable bonds is 6. The van der Waals surface area contributed by atoms with Gasteiger partial charge < -0.3 is 10.8 Å². The summed E-state index contributed by atoms with van der Waals surface area (Å²) in [6, 6.07) is 9.75. The summed E-state index contributed by atoms with van der Waals surface area (Å²) in [4.78, 5) is 2.56. The molecule has 3 heteroatoms. The molecular formula is C17H28N2O. The molecule has 0 aromatic heterocycles. The van der Waals surface area contributed by atoms with Gasteiger partial charge >= 0.3 is 0 Å². The Labute approximate surface area is 122 Å². The molecule has 1 fully saturated rings. The SMILES string of the molecule is Cc1ccc(C(C(C)N)N2CCCC2CCCO)cc1. The molecular weight excluding hydrogens is 248 g/mol. The van der Waals surface area contributed by atoms with E-state index in [1.807, 2.05) is 0 Å². The first-order valence-electron chi connectivity index (χ1n) is 7.82. The van der Waals surface area contributed by atoms with Crippen LogP contribution in [-0.4, -0.2) is 35.2 Å². The zero-order chi connectivity index (χ0) is 14.5. The molecule has 3 unspecified atom stereocenters. The van der Waals surface area contributed by atoms with E-state index in [0.29, 0.717) is 12.1 Å². The van der Waals surface area contributed by atoms with Gasteiger partial charge in [-0.1, -0.05) is 29.8 Å². The summed E-state index contributed by atoms with van der Waals surface area (Å²) in [5, 5.41) is 9.06. The van der Waals surface area contributed by atoms with Crippen LogP contribution in [0.4, 0.5) is 0 Å². The monoisotopic (exact) mass is 276 g/mol. The predicted molar refractivity (Wildman–Crippen MR) is 83.6 cm³/mol. The van der Waals surface area contributed by atoms with E-state index in [9.17, 15) is 0 Å². The molecule has 112 valence electrons. The zero-order valence-corrected chi connectivity index (χ0v) is 12.8. The minimum atomic E-state index is 0.118. The van der Waals surface area contributed by atoms with Crippen molar-refractivity contribution >= 4 is 0 Å². The third kappa shape index (κ3) is 3.60. The van der Waals surface area contributed by atoms with Crippen molar-refractivity contribution in [2.45, 2.75) is 57.7 Å². The first kappa shape index (κ1) is 15.5. The van der Waals surface area contributed by atoms with Gasteiger partial charge in [-0.2, -0.15) is 0 Å². The van der Waals surface area contributed by atoms with Crippen LogP contribution in [0.1, 0.15) is 49.8 Å². The molecule has 0 radical (unpaired) electrons. The van der Waals surface area contributed by atoms with E-state index in [4.69, 9.17) is 10.8 Å². The van der Waals surface area contributed by atoms with E-state index in [-0.39, 0.29) is 12.6 Å². The fourth-order valence-electron chi connectivity index (χ4n) is 3.42. The van der Waals surface area contributed by atoms with Crippen molar-refractivity contribution in [2.24, 2.45) is 5.73 Å². The summed E-state index contributed by atoms with van der Waals surface area (Å²) in [5.41, 5.74) is 8.89. The smallest absolute Gasteiger partial charge is 0.0499 e. The van der Waals surface area contributed by atoms with Crippen LogP contribution in [0.3, 0.4) is 0 Å². The number of hydrogen-bond donors (Lipinski definition) is 2. The van der Waals surface area contributed by atoms with Crippen LogP contribution >= 0.6 is 0 Å². The van der Waals surface area contributed by atoms with E-state index < -0.39 is 0 Å². The minimum absolute atomic E-state index is 0.118. The molecule has 0 spiro atoms. The number of hydrogen-bond acceptors (Lipinski definition) is 3. The Morgan fingerprint density at radius 2 is 2.05 bits per heavy atom. The van der Waals surface area contributed by atoms with Gasteiger partial charge in [0, 0.05) is 24.7 Å². The highest BCUT2D eigenvalue weighted by molar-refractivity contribution is 5.25. The molecule has 3 N–H and O–H groups in total. The molecule has 20 heavy (non-hydrogen) atoms. The average molecular weight is 276 g/mol. The largest absolute Gasteiger partial charge is 0.396 e. The van der Waals surface area contributed by atoms with Crippen LogP contribution in [-0.2, 0) is 0 Å². The normalized spacial score (nSPS) is 22.9. The number of nitrogens with zero attached hydrogens (tertiary/aromatic N) is 1. The summed E-state index contributed by atoms with van der Waals surface area (Å²) in [7, 11) is 0. The maximum atomic E-state index is 9.06. The number of likely N-dealkylation sites (tertiary alicyclic amines) is 1. The van der Waals surface area contributed by atoms with Crippen molar-refractivity contribution in [2.75, 3.05) is 13.2 Å². The van der Waals surface area contributed by atoms with Crippen molar-refractivity contribution in [1.29, 1.82) is 0 Å². The number of aliphatic hydroxyl groups is 1. The zero-order valence-electron chi connectivity index (χ0n) is 12.8. The standard InChI is InChI=1S/C17H28N2O/c1-13-7-9-15(10-8-13)17(14(2)18)19-11-3-5-16(19)6-4-12-20/h7-10,14,16-17,20H,3-6,11-12,18H2,1-2H3. The van der Waals surface area contributed by atoms with Crippen LogP contribution in [0, 0.1) is 6.92 Å². The number of nitrogens with two attached hydrogens (primary N) is 1. The van der Waals surface area contributed by atoms with Gasteiger partial charge in [-0.15, -0.1) is 0 Å². The lowest BCUT2D eigenvalue weighted by Crippen LogP contribution is -2.42. The molecule has 0 aliphatic carbocycles. The number of aliphatic hydroxyl groups excluding tert-OH is 1. The van der Waals surface area contributed by atoms with Crippen molar-refractivity contribution in [3.05, 3.63) is 35.4 Å². The van der Waals surface area contributed by atoms with Gasteiger partial charge in [-0.25, -0.2) is 0 Å². The Kier molecular flexibility index (Phi) is 5.58. The van der Waals surface area contributed by atoms with Gasteiger partial charge in [-0.05, 0) is 51.6 Å². The quantitative estimate of drug-likeness (QED) is 0.839. The van der Waals surface area contributed by atoms with E-state index in [2.05, 4.69) is 43.0 Å². The van der Waals surface area contributed by atoms with Crippen LogP contribution in [0.25, 0.3) is 0 Å². The van der Waals surface area contributed by atoms with Crippen LogP contribution in [0.2, 0.25) is 0 Å². The Morgan fingerprint density at radius 1 is 1.35 bits per heavy atom. The van der Waals surface area contributed by atoms with Crippen molar-refractivity contribution in [1.82, 2.24) is 4.90 Å². The van der Waals surface area contributed by atoms with E-state index in [1.54, 1.807) is 0 Å². The Bertz CT molecular complexity index is 402. The van der Waals surface area contributed by atoms with Gasteiger partial charge in [0.15, 0.2) is 0 Å². The molecule has 3 nitrogen and oxygen atoms in total. The van der Waals surface area contributed by atoms with Crippen LogP contribution < -0.4 is 5.73 Å². The fraction of sp³-hybridized carbons (Fsp3) is 0.647. The second kappa shape index (κ2) is 7.21. The highest BCUT2D eigenvalue weighted by Gasteiger charge is 2.32. The molecule has 1 aromatic carbocycles. The average Bonchev–Trinajstić information content (AvgIpc) is 2.86. The molecule has 0 saturated carbocycles. The first-order chi connectivity index (χ1) is 9.63. The topological polar surface area (TPSA) is 49.5 Å². The lowest BCUT2D eigenvalue weighted by Gasteiger charge is -2.36. The van der Waals surface area contributed by atoms with Crippen molar-refractivity contribution in [3.8, 4) is 0 Å². The molecule has 1 aromatic rings. The Morgan fingerprint density at radius 3 is 2.65 bits per heavy atom.